The monoisotopic (exact) mass is 249 g/mol. The molecule has 0 saturated carbocycles. The van der Waals surface area contributed by atoms with Gasteiger partial charge in [-0.05, 0) is 38.0 Å². The first-order valence-electron chi connectivity index (χ1n) is 6.22. The molecule has 0 radical (unpaired) electrons. The van der Waals surface area contributed by atoms with Crippen molar-refractivity contribution < 1.29 is 9.47 Å². The van der Waals surface area contributed by atoms with E-state index in [1.165, 1.54) is 0 Å². The SMILES string of the molecule is C=C(C)CCOc1cc(CC(C)N)ccc1OC. The van der Waals surface area contributed by atoms with Crippen molar-refractivity contribution in [2.24, 2.45) is 5.73 Å². The largest absolute Gasteiger partial charge is 0.493 e. The lowest BCUT2D eigenvalue weighted by atomic mass is 10.1. The zero-order chi connectivity index (χ0) is 13.5. The van der Waals surface area contributed by atoms with Crippen LogP contribution in [0.15, 0.2) is 30.4 Å². The van der Waals surface area contributed by atoms with Crippen LogP contribution in [0.5, 0.6) is 11.5 Å². The number of rotatable bonds is 7. The van der Waals surface area contributed by atoms with E-state index in [2.05, 4.69) is 6.58 Å². The summed E-state index contributed by atoms with van der Waals surface area (Å²) in [5.41, 5.74) is 8.08. The molecule has 18 heavy (non-hydrogen) atoms. The molecule has 0 heterocycles. The first-order chi connectivity index (χ1) is 8.52. The standard InChI is InChI=1S/C15H23NO2/c1-11(2)7-8-18-15-10-13(9-12(3)16)5-6-14(15)17-4/h5-6,10,12H,1,7-9,16H2,2-4H3. The lowest BCUT2D eigenvalue weighted by molar-refractivity contribution is 0.297. The van der Waals surface area contributed by atoms with Crippen LogP contribution in [0.4, 0.5) is 0 Å². The Bertz CT molecular complexity index is 399. The van der Waals surface area contributed by atoms with E-state index in [-0.39, 0.29) is 6.04 Å². The molecule has 0 aliphatic carbocycles. The lowest BCUT2D eigenvalue weighted by Crippen LogP contribution is -2.17. The van der Waals surface area contributed by atoms with Gasteiger partial charge in [0, 0.05) is 12.5 Å². The normalized spacial score (nSPS) is 12.0. The van der Waals surface area contributed by atoms with Crippen molar-refractivity contribution in [2.45, 2.75) is 32.7 Å². The van der Waals surface area contributed by atoms with Crippen molar-refractivity contribution in [1.29, 1.82) is 0 Å². The van der Waals surface area contributed by atoms with Gasteiger partial charge in [-0.1, -0.05) is 11.6 Å². The summed E-state index contributed by atoms with van der Waals surface area (Å²) in [6.07, 6.45) is 1.68. The van der Waals surface area contributed by atoms with E-state index in [1.807, 2.05) is 32.0 Å². The lowest BCUT2D eigenvalue weighted by Gasteiger charge is -2.13. The quantitative estimate of drug-likeness (QED) is 0.756. The molecular formula is C15H23NO2. The fourth-order valence-corrected chi connectivity index (χ4v) is 1.67. The Kier molecular flexibility index (Phi) is 5.72. The Morgan fingerprint density at radius 2 is 2.11 bits per heavy atom. The highest BCUT2D eigenvalue weighted by Crippen LogP contribution is 2.28. The van der Waals surface area contributed by atoms with Gasteiger partial charge in [-0.3, -0.25) is 0 Å². The number of ether oxygens (including phenoxy) is 2. The number of nitrogens with two attached hydrogens (primary N) is 1. The highest BCUT2D eigenvalue weighted by molar-refractivity contribution is 5.43. The Morgan fingerprint density at radius 3 is 2.67 bits per heavy atom. The highest BCUT2D eigenvalue weighted by Gasteiger charge is 2.07. The topological polar surface area (TPSA) is 44.5 Å². The maximum absolute atomic E-state index is 5.80. The second-order valence-corrected chi connectivity index (χ2v) is 4.72. The van der Waals surface area contributed by atoms with Gasteiger partial charge < -0.3 is 15.2 Å². The number of methoxy groups -OCH3 is 1. The van der Waals surface area contributed by atoms with E-state index < -0.39 is 0 Å². The van der Waals surface area contributed by atoms with Gasteiger partial charge in [0.05, 0.1) is 13.7 Å². The summed E-state index contributed by atoms with van der Waals surface area (Å²) in [6, 6.07) is 6.09. The molecule has 100 valence electrons. The maximum Gasteiger partial charge on any atom is 0.161 e. The van der Waals surface area contributed by atoms with Crippen LogP contribution in [-0.4, -0.2) is 19.8 Å². The third-order valence-corrected chi connectivity index (χ3v) is 2.57. The maximum atomic E-state index is 5.80. The van der Waals surface area contributed by atoms with Gasteiger partial charge >= 0.3 is 0 Å². The van der Waals surface area contributed by atoms with Gasteiger partial charge in [0.15, 0.2) is 11.5 Å². The molecule has 1 rings (SSSR count). The summed E-state index contributed by atoms with van der Waals surface area (Å²) in [4.78, 5) is 0. The Hall–Kier alpha value is -1.48. The van der Waals surface area contributed by atoms with Crippen LogP contribution in [0, 0.1) is 0 Å². The van der Waals surface area contributed by atoms with E-state index in [1.54, 1.807) is 7.11 Å². The van der Waals surface area contributed by atoms with E-state index in [9.17, 15) is 0 Å². The molecule has 0 aliphatic rings. The van der Waals surface area contributed by atoms with Crippen molar-refractivity contribution in [2.75, 3.05) is 13.7 Å². The third-order valence-electron chi connectivity index (χ3n) is 2.57. The molecule has 1 aromatic rings. The fourth-order valence-electron chi connectivity index (χ4n) is 1.67. The van der Waals surface area contributed by atoms with Gasteiger partial charge in [-0.25, -0.2) is 0 Å². The molecule has 0 amide bonds. The van der Waals surface area contributed by atoms with Gasteiger partial charge in [0.1, 0.15) is 0 Å². The zero-order valence-corrected chi connectivity index (χ0v) is 11.5. The summed E-state index contributed by atoms with van der Waals surface area (Å²) >= 11 is 0. The van der Waals surface area contributed by atoms with Crippen molar-refractivity contribution in [3.8, 4) is 11.5 Å². The first-order valence-corrected chi connectivity index (χ1v) is 6.22. The van der Waals surface area contributed by atoms with Crippen molar-refractivity contribution in [3.63, 3.8) is 0 Å². The van der Waals surface area contributed by atoms with Gasteiger partial charge in [-0.2, -0.15) is 0 Å². The average Bonchev–Trinajstić information content (AvgIpc) is 2.28. The average molecular weight is 249 g/mol. The molecule has 0 aliphatic heterocycles. The first kappa shape index (κ1) is 14.6. The molecule has 2 N–H and O–H groups in total. The predicted molar refractivity (Wildman–Crippen MR) is 75.3 cm³/mol. The molecule has 1 aromatic carbocycles. The fraction of sp³-hybridized carbons (Fsp3) is 0.467. The van der Waals surface area contributed by atoms with E-state index >= 15 is 0 Å². The minimum absolute atomic E-state index is 0.140. The van der Waals surface area contributed by atoms with Crippen molar-refractivity contribution >= 4 is 0 Å². The van der Waals surface area contributed by atoms with Crippen LogP contribution in [0.3, 0.4) is 0 Å². The third kappa shape index (κ3) is 4.80. The molecular weight excluding hydrogens is 226 g/mol. The van der Waals surface area contributed by atoms with Crippen molar-refractivity contribution in [1.82, 2.24) is 0 Å². The number of hydrogen-bond donors (Lipinski definition) is 1. The minimum atomic E-state index is 0.140. The highest BCUT2D eigenvalue weighted by atomic mass is 16.5. The summed E-state index contributed by atoms with van der Waals surface area (Å²) in [5, 5.41) is 0. The smallest absolute Gasteiger partial charge is 0.161 e. The van der Waals surface area contributed by atoms with E-state index in [0.29, 0.717) is 6.61 Å². The Balaban J connectivity index is 2.75. The van der Waals surface area contributed by atoms with Crippen LogP contribution >= 0.6 is 0 Å². The van der Waals surface area contributed by atoms with Gasteiger partial charge in [-0.15, -0.1) is 6.58 Å². The minimum Gasteiger partial charge on any atom is -0.493 e. The second kappa shape index (κ2) is 7.07. The predicted octanol–water partition coefficient (Wildman–Crippen LogP) is 2.93. The molecule has 0 aromatic heterocycles. The van der Waals surface area contributed by atoms with Crippen LogP contribution in [-0.2, 0) is 6.42 Å². The molecule has 1 atom stereocenters. The van der Waals surface area contributed by atoms with Crippen LogP contribution in [0.1, 0.15) is 25.8 Å². The van der Waals surface area contributed by atoms with Crippen LogP contribution in [0.2, 0.25) is 0 Å². The molecule has 0 spiro atoms. The van der Waals surface area contributed by atoms with Crippen molar-refractivity contribution in [3.05, 3.63) is 35.9 Å². The summed E-state index contributed by atoms with van der Waals surface area (Å²) in [7, 11) is 1.65. The molecule has 0 saturated heterocycles. The molecule has 0 fully saturated rings. The molecule has 0 bridgehead atoms. The van der Waals surface area contributed by atoms with E-state index in [0.717, 1.165) is 35.5 Å². The summed E-state index contributed by atoms with van der Waals surface area (Å²) < 4.78 is 11.0. The molecule has 3 heteroatoms. The second-order valence-electron chi connectivity index (χ2n) is 4.72. The Labute approximate surface area is 110 Å². The van der Waals surface area contributed by atoms with E-state index in [4.69, 9.17) is 15.2 Å². The Morgan fingerprint density at radius 1 is 1.39 bits per heavy atom. The van der Waals surface area contributed by atoms with Gasteiger partial charge in [0.2, 0.25) is 0 Å². The molecule has 1 unspecified atom stereocenters. The molecule has 3 nitrogen and oxygen atoms in total. The van der Waals surface area contributed by atoms with Crippen LogP contribution in [0.25, 0.3) is 0 Å². The number of hydrogen-bond acceptors (Lipinski definition) is 3. The van der Waals surface area contributed by atoms with Crippen LogP contribution < -0.4 is 15.2 Å². The summed E-state index contributed by atoms with van der Waals surface area (Å²) in [6.45, 7) is 8.46. The van der Waals surface area contributed by atoms with Gasteiger partial charge in [0.25, 0.3) is 0 Å². The summed E-state index contributed by atoms with van der Waals surface area (Å²) in [5.74, 6) is 1.53. The zero-order valence-electron chi connectivity index (χ0n) is 11.5. The number of benzene rings is 1.